The molecule has 6 heteroatoms. The third kappa shape index (κ3) is 4.50. The maximum absolute atomic E-state index is 10.7. The largest absolute Gasteiger partial charge is 0.399 e. The predicted octanol–water partition coefficient (Wildman–Crippen LogP) is 0.668. The van der Waals surface area contributed by atoms with Gasteiger partial charge in [-0.15, -0.1) is 0 Å². The van der Waals surface area contributed by atoms with E-state index in [1.807, 2.05) is 25.1 Å². The fourth-order valence-electron chi connectivity index (χ4n) is 1.29. The van der Waals surface area contributed by atoms with Crippen molar-refractivity contribution in [3.8, 4) is 0 Å². The maximum atomic E-state index is 10.7. The third-order valence-electron chi connectivity index (χ3n) is 2.20. The number of primary sulfonamides is 1. The van der Waals surface area contributed by atoms with E-state index in [0.717, 1.165) is 16.9 Å². The van der Waals surface area contributed by atoms with Gasteiger partial charge in [-0.3, -0.25) is 0 Å². The van der Waals surface area contributed by atoms with Crippen LogP contribution in [0.1, 0.15) is 12.0 Å². The Morgan fingerprint density at radius 3 is 2.62 bits per heavy atom. The molecule has 16 heavy (non-hydrogen) atoms. The standard InChI is InChI=1S/C10H17N3O2S/c1-8-7-9(3-4-10(8)11)13-5-2-6-16(12,14)15/h3-4,7,13H,2,5-6,11H2,1H3,(H2,12,14,15). The molecule has 0 saturated heterocycles. The van der Waals surface area contributed by atoms with Gasteiger partial charge in [-0.05, 0) is 37.1 Å². The first-order valence-electron chi connectivity index (χ1n) is 4.99. The van der Waals surface area contributed by atoms with Gasteiger partial charge in [-0.1, -0.05) is 0 Å². The van der Waals surface area contributed by atoms with Crippen LogP contribution in [0.4, 0.5) is 11.4 Å². The van der Waals surface area contributed by atoms with Gasteiger partial charge in [0.25, 0.3) is 0 Å². The first-order chi connectivity index (χ1) is 7.38. The molecule has 0 amide bonds. The average molecular weight is 243 g/mol. The molecule has 0 heterocycles. The summed E-state index contributed by atoms with van der Waals surface area (Å²) in [6, 6.07) is 5.60. The minimum atomic E-state index is -3.35. The van der Waals surface area contributed by atoms with Crippen LogP contribution in [-0.4, -0.2) is 20.7 Å². The summed E-state index contributed by atoms with van der Waals surface area (Å²) in [5.41, 5.74) is 8.35. The lowest BCUT2D eigenvalue weighted by Crippen LogP contribution is -2.18. The Morgan fingerprint density at radius 1 is 1.38 bits per heavy atom. The van der Waals surface area contributed by atoms with Crippen molar-refractivity contribution in [1.82, 2.24) is 0 Å². The van der Waals surface area contributed by atoms with Gasteiger partial charge in [-0.2, -0.15) is 0 Å². The normalized spacial score (nSPS) is 11.4. The highest BCUT2D eigenvalue weighted by molar-refractivity contribution is 7.89. The van der Waals surface area contributed by atoms with Crippen LogP contribution < -0.4 is 16.2 Å². The van der Waals surface area contributed by atoms with Crippen molar-refractivity contribution >= 4 is 21.4 Å². The number of nitrogen functional groups attached to an aromatic ring is 1. The highest BCUT2D eigenvalue weighted by Gasteiger charge is 2.01. The predicted molar refractivity (Wildman–Crippen MR) is 66.7 cm³/mol. The Hall–Kier alpha value is -1.27. The van der Waals surface area contributed by atoms with Crippen LogP contribution in [0.25, 0.3) is 0 Å². The number of nitrogens with one attached hydrogen (secondary N) is 1. The Labute approximate surface area is 95.9 Å². The Kier molecular flexibility index (Phi) is 4.14. The molecule has 5 nitrogen and oxygen atoms in total. The molecule has 0 aliphatic carbocycles. The van der Waals surface area contributed by atoms with Gasteiger partial charge < -0.3 is 11.1 Å². The molecule has 1 rings (SSSR count). The SMILES string of the molecule is Cc1cc(NCCCS(N)(=O)=O)ccc1N. The number of nitrogens with two attached hydrogens (primary N) is 2. The van der Waals surface area contributed by atoms with Crippen molar-refractivity contribution in [3.63, 3.8) is 0 Å². The second kappa shape index (κ2) is 5.18. The van der Waals surface area contributed by atoms with Crippen LogP contribution in [0.15, 0.2) is 18.2 Å². The quantitative estimate of drug-likeness (QED) is 0.523. The smallest absolute Gasteiger partial charge is 0.209 e. The van der Waals surface area contributed by atoms with Crippen LogP contribution in [0.3, 0.4) is 0 Å². The van der Waals surface area contributed by atoms with Crippen molar-refractivity contribution in [2.45, 2.75) is 13.3 Å². The van der Waals surface area contributed by atoms with E-state index < -0.39 is 10.0 Å². The lowest BCUT2D eigenvalue weighted by atomic mass is 10.2. The van der Waals surface area contributed by atoms with Crippen molar-refractivity contribution in [3.05, 3.63) is 23.8 Å². The average Bonchev–Trinajstić information content (AvgIpc) is 2.17. The maximum Gasteiger partial charge on any atom is 0.209 e. The van der Waals surface area contributed by atoms with E-state index in [2.05, 4.69) is 5.32 Å². The summed E-state index contributed by atoms with van der Waals surface area (Å²) in [7, 11) is -3.35. The Bertz CT molecular complexity index is 457. The van der Waals surface area contributed by atoms with E-state index in [-0.39, 0.29) is 5.75 Å². The van der Waals surface area contributed by atoms with E-state index in [0.29, 0.717) is 13.0 Å². The molecular weight excluding hydrogens is 226 g/mol. The van der Waals surface area contributed by atoms with Crippen LogP contribution in [-0.2, 0) is 10.0 Å². The number of aryl methyl sites for hydroxylation is 1. The molecule has 0 unspecified atom stereocenters. The molecule has 1 aromatic carbocycles. The van der Waals surface area contributed by atoms with Crippen LogP contribution in [0, 0.1) is 6.92 Å². The number of rotatable bonds is 5. The minimum Gasteiger partial charge on any atom is -0.399 e. The van der Waals surface area contributed by atoms with Crippen LogP contribution in [0.5, 0.6) is 0 Å². The van der Waals surface area contributed by atoms with Gasteiger partial charge >= 0.3 is 0 Å². The van der Waals surface area contributed by atoms with Gasteiger partial charge in [-0.25, -0.2) is 13.6 Å². The number of anilines is 2. The molecule has 0 bridgehead atoms. The van der Waals surface area contributed by atoms with E-state index in [1.165, 1.54) is 0 Å². The van der Waals surface area contributed by atoms with Gasteiger partial charge in [0.15, 0.2) is 0 Å². The Morgan fingerprint density at radius 2 is 2.06 bits per heavy atom. The lowest BCUT2D eigenvalue weighted by Gasteiger charge is -2.07. The second-order valence-corrected chi connectivity index (χ2v) is 5.45. The topological polar surface area (TPSA) is 98.2 Å². The monoisotopic (exact) mass is 243 g/mol. The molecule has 90 valence electrons. The summed E-state index contributed by atoms with van der Waals surface area (Å²) in [4.78, 5) is 0. The summed E-state index contributed by atoms with van der Waals surface area (Å²) in [6.07, 6.45) is 0.488. The zero-order chi connectivity index (χ0) is 12.2. The van der Waals surface area contributed by atoms with Crippen molar-refractivity contribution < 1.29 is 8.42 Å². The third-order valence-corrected chi connectivity index (χ3v) is 3.06. The highest BCUT2D eigenvalue weighted by atomic mass is 32.2. The minimum absolute atomic E-state index is 0.00600. The zero-order valence-electron chi connectivity index (χ0n) is 9.23. The summed E-state index contributed by atoms with van der Waals surface area (Å²) in [6.45, 7) is 2.49. The van der Waals surface area contributed by atoms with E-state index in [9.17, 15) is 8.42 Å². The van der Waals surface area contributed by atoms with E-state index in [4.69, 9.17) is 10.9 Å². The molecule has 1 aromatic rings. The van der Waals surface area contributed by atoms with Gasteiger partial charge in [0.05, 0.1) is 5.75 Å². The summed E-state index contributed by atoms with van der Waals surface area (Å²) in [5.74, 6) is -0.00600. The molecule has 0 aromatic heterocycles. The summed E-state index contributed by atoms with van der Waals surface area (Å²) < 4.78 is 21.3. The fourth-order valence-corrected chi connectivity index (χ4v) is 1.84. The van der Waals surface area contributed by atoms with E-state index >= 15 is 0 Å². The molecule has 0 fully saturated rings. The molecule has 0 saturated carbocycles. The molecule has 0 radical (unpaired) electrons. The zero-order valence-corrected chi connectivity index (χ0v) is 10.0. The van der Waals surface area contributed by atoms with Crippen molar-refractivity contribution in [1.29, 1.82) is 0 Å². The van der Waals surface area contributed by atoms with E-state index in [1.54, 1.807) is 0 Å². The van der Waals surface area contributed by atoms with Crippen molar-refractivity contribution in [2.75, 3.05) is 23.3 Å². The first-order valence-corrected chi connectivity index (χ1v) is 6.70. The molecule has 0 atom stereocenters. The molecule has 0 spiro atoms. The highest BCUT2D eigenvalue weighted by Crippen LogP contribution is 2.16. The number of sulfonamides is 1. The molecule has 0 aliphatic heterocycles. The van der Waals surface area contributed by atoms with Crippen LogP contribution in [0.2, 0.25) is 0 Å². The number of benzene rings is 1. The second-order valence-electron chi connectivity index (χ2n) is 3.72. The van der Waals surface area contributed by atoms with Crippen LogP contribution >= 0.6 is 0 Å². The number of hydrogen-bond donors (Lipinski definition) is 3. The van der Waals surface area contributed by atoms with Crippen molar-refractivity contribution in [2.24, 2.45) is 5.14 Å². The van der Waals surface area contributed by atoms with Gasteiger partial charge in [0.1, 0.15) is 0 Å². The number of hydrogen-bond acceptors (Lipinski definition) is 4. The van der Waals surface area contributed by atoms with Gasteiger partial charge in [0.2, 0.25) is 10.0 Å². The molecule has 0 aliphatic rings. The summed E-state index contributed by atoms with van der Waals surface area (Å²) >= 11 is 0. The first kappa shape index (κ1) is 12.8. The Balaban J connectivity index is 2.41. The van der Waals surface area contributed by atoms with Gasteiger partial charge in [0, 0.05) is 17.9 Å². The lowest BCUT2D eigenvalue weighted by molar-refractivity contribution is 0.596. The molecule has 5 N–H and O–H groups in total. The molecular formula is C10H17N3O2S. The summed E-state index contributed by atoms with van der Waals surface area (Å²) in [5, 5.41) is 8.00. The fraction of sp³-hybridized carbons (Fsp3) is 0.400.